The zero-order valence-corrected chi connectivity index (χ0v) is 11.7. The molecule has 0 fully saturated rings. The van der Waals surface area contributed by atoms with Gasteiger partial charge >= 0.3 is 0 Å². The van der Waals surface area contributed by atoms with E-state index in [1.165, 1.54) is 10.4 Å². The minimum atomic E-state index is -0.423. The predicted molar refractivity (Wildman–Crippen MR) is 73.8 cm³/mol. The van der Waals surface area contributed by atoms with Gasteiger partial charge in [-0.3, -0.25) is 0 Å². The van der Waals surface area contributed by atoms with Gasteiger partial charge in [-0.2, -0.15) is 0 Å². The average molecular weight is 296 g/mol. The second kappa shape index (κ2) is 4.32. The SMILES string of the molecule is Cc1sccc1C(C)(N)c1cccc(Br)c1. The molecule has 0 saturated carbocycles. The molecule has 0 amide bonds. The number of benzene rings is 1. The molecule has 0 aliphatic carbocycles. The van der Waals surface area contributed by atoms with Crippen LogP contribution in [0.25, 0.3) is 0 Å². The van der Waals surface area contributed by atoms with E-state index >= 15 is 0 Å². The Bertz CT molecular complexity index is 502. The van der Waals surface area contributed by atoms with Crippen molar-refractivity contribution >= 4 is 27.3 Å². The second-order valence-electron chi connectivity index (χ2n) is 4.10. The summed E-state index contributed by atoms with van der Waals surface area (Å²) in [5.41, 5.74) is 8.37. The molecule has 3 heteroatoms. The van der Waals surface area contributed by atoms with Gasteiger partial charge in [0.25, 0.3) is 0 Å². The monoisotopic (exact) mass is 295 g/mol. The summed E-state index contributed by atoms with van der Waals surface area (Å²) in [7, 11) is 0. The van der Waals surface area contributed by atoms with E-state index in [4.69, 9.17) is 5.73 Å². The molecule has 1 atom stereocenters. The van der Waals surface area contributed by atoms with Gasteiger partial charge in [0.15, 0.2) is 0 Å². The summed E-state index contributed by atoms with van der Waals surface area (Å²) in [5, 5.41) is 2.09. The zero-order valence-electron chi connectivity index (χ0n) is 9.33. The van der Waals surface area contributed by atoms with Gasteiger partial charge in [0, 0.05) is 9.35 Å². The van der Waals surface area contributed by atoms with Crippen LogP contribution in [0.5, 0.6) is 0 Å². The van der Waals surface area contributed by atoms with Gasteiger partial charge in [-0.15, -0.1) is 11.3 Å². The Morgan fingerprint density at radius 2 is 2.06 bits per heavy atom. The fourth-order valence-electron chi connectivity index (χ4n) is 1.89. The van der Waals surface area contributed by atoms with Crippen LogP contribution in [0.3, 0.4) is 0 Å². The molecule has 16 heavy (non-hydrogen) atoms. The number of aryl methyl sites for hydroxylation is 1. The van der Waals surface area contributed by atoms with Crippen molar-refractivity contribution in [2.24, 2.45) is 5.73 Å². The Balaban J connectivity index is 2.51. The van der Waals surface area contributed by atoms with Gasteiger partial charge in [-0.1, -0.05) is 28.1 Å². The van der Waals surface area contributed by atoms with Gasteiger partial charge in [-0.05, 0) is 48.6 Å². The highest BCUT2D eigenvalue weighted by molar-refractivity contribution is 9.10. The van der Waals surface area contributed by atoms with E-state index in [2.05, 4.69) is 53.4 Å². The topological polar surface area (TPSA) is 26.0 Å². The third-order valence-electron chi connectivity index (χ3n) is 2.84. The molecule has 2 aromatic rings. The van der Waals surface area contributed by atoms with Crippen molar-refractivity contribution in [2.45, 2.75) is 19.4 Å². The fourth-order valence-corrected chi connectivity index (χ4v) is 3.11. The van der Waals surface area contributed by atoms with Crippen molar-refractivity contribution in [2.75, 3.05) is 0 Å². The minimum absolute atomic E-state index is 0.423. The molecule has 0 spiro atoms. The summed E-state index contributed by atoms with van der Waals surface area (Å²) in [4.78, 5) is 1.28. The smallest absolute Gasteiger partial charge is 0.0648 e. The first kappa shape index (κ1) is 11.8. The molecule has 2 rings (SSSR count). The fraction of sp³-hybridized carbons (Fsp3) is 0.231. The molecule has 0 aliphatic heterocycles. The Labute approximate surface area is 108 Å². The van der Waals surface area contributed by atoms with Crippen LogP contribution in [0, 0.1) is 6.92 Å². The summed E-state index contributed by atoms with van der Waals surface area (Å²) in [6.45, 7) is 4.17. The number of rotatable bonds is 2. The quantitative estimate of drug-likeness (QED) is 0.889. The molecule has 0 aliphatic rings. The van der Waals surface area contributed by atoms with Crippen molar-refractivity contribution in [3.63, 3.8) is 0 Å². The Kier molecular flexibility index (Phi) is 3.19. The minimum Gasteiger partial charge on any atom is -0.318 e. The maximum Gasteiger partial charge on any atom is 0.0648 e. The normalized spacial score (nSPS) is 14.8. The molecular weight excluding hydrogens is 282 g/mol. The van der Waals surface area contributed by atoms with Crippen LogP contribution in [0.1, 0.15) is 22.9 Å². The lowest BCUT2D eigenvalue weighted by atomic mass is 9.86. The van der Waals surface area contributed by atoms with Crippen molar-refractivity contribution < 1.29 is 0 Å². The first-order valence-corrected chi connectivity index (χ1v) is 6.78. The third kappa shape index (κ3) is 2.08. The molecule has 84 valence electrons. The van der Waals surface area contributed by atoms with Crippen LogP contribution in [0.4, 0.5) is 0 Å². The summed E-state index contributed by atoms with van der Waals surface area (Å²) in [5.74, 6) is 0. The molecule has 0 bridgehead atoms. The van der Waals surface area contributed by atoms with E-state index in [9.17, 15) is 0 Å². The molecule has 1 heterocycles. The number of halogens is 1. The number of hydrogen-bond acceptors (Lipinski definition) is 2. The standard InChI is InChI=1S/C13H14BrNS/c1-9-12(6-7-16-9)13(2,15)10-4-3-5-11(14)8-10/h3-8H,15H2,1-2H3. The highest BCUT2D eigenvalue weighted by Gasteiger charge is 2.26. The molecule has 1 unspecified atom stereocenters. The maximum absolute atomic E-state index is 6.46. The first-order valence-electron chi connectivity index (χ1n) is 5.11. The third-order valence-corrected chi connectivity index (χ3v) is 4.18. The predicted octanol–water partition coefficient (Wildman–Crippen LogP) is 4.04. The molecule has 1 aromatic heterocycles. The first-order chi connectivity index (χ1) is 7.51. The van der Waals surface area contributed by atoms with E-state index in [0.717, 1.165) is 10.0 Å². The number of nitrogens with two attached hydrogens (primary N) is 1. The average Bonchev–Trinajstić information content (AvgIpc) is 2.65. The Morgan fingerprint density at radius 1 is 1.31 bits per heavy atom. The molecule has 1 aromatic carbocycles. The molecule has 0 radical (unpaired) electrons. The lowest BCUT2D eigenvalue weighted by Gasteiger charge is -2.26. The van der Waals surface area contributed by atoms with Crippen LogP contribution in [-0.4, -0.2) is 0 Å². The molecule has 1 nitrogen and oxygen atoms in total. The van der Waals surface area contributed by atoms with Crippen LogP contribution in [0.15, 0.2) is 40.2 Å². The van der Waals surface area contributed by atoms with Crippen LogP contribution >= 0.6 is 27.3 Å². The lowest BCUT2D eigenvalue weighted by molar-refractivity contribution is 0.602. The molecule has 0 saturated heterocycles. The largest absolute Gasteiger partial charge is 0.318 e. The summed E-state index contributed by atoms with van der Waals surface area (Å²) < 4.78 is 1.06. The van der Waals surface area contributed by atoms with Crippen LogP contribution < -0.4 is 5.73 Å². The maximum atomic E-state index is 6.46. The summed E-state index contributed by atoms with van der Waals surface area (Å²) in [6, 6.07) is 10.3. The highest BCUT2D eigenvalue weighted by atomic mass is 79.9. The van der Waals surface area contributed by atoms with Gasteiger partial charge in [-0.25, -0.2) is 0 Å². The number of thiophene rings is 1. The van der Waals surface area contributed by atoms with Gasteiger partial charge < -0.3 is 5.73 Å². The summed E-state index contributed by atoms with van der Waals surface area (Å²) in [6.07, 6.45) is 0. The van der Waals surface area contributed by atoms with E-state index in [-0.39, 0.29) is 0 Å². The van der Waals surface area contributed by atoms with Gasteiger partial charge in [0.05, 0.1) is 5.54 Å². The lowest BCUT2D eigenvalue weighted by Crippen LogP contribution is -2.34. The van der Waals surface area contributed by atoms with Crippen LogP contribution in [-0.2, 0) is 5.54 Å². The Morgan fingerprint density at radius 3 is 2.62 bits per heavy atom. The van der Waals surface area contributed by atoms with E-state index in [1.54, 1.807) is 11.3 Å². The van der Waals surface area contributed by atoms with Crippen molar-refractivity contribution in [1.82, 2.24) is 0 Å². The highest BCUT2D eigenvalue weighted by Crippen LogP contribution is 2.32. The van der Waals surface area contributed by atoms with Gasteiger partial charge in [0.2, 0.25) is 0 Å². The zero-order chi connectivity index (χ0) is 11.8. The summed E-state index contributed by atoms with van der Waals surface area (Å²) >= 11 is 5.22. The van der Waals surface area contributed by atoms with Crippen LogP contribution in [0.2, 0.25) is 0 Å². The van der Waals surface area contributed by atoms with Crippen molar-refractivity contribution in [3.8, 4) is 0 Å². The van der Waals surface area contributed by atoms with E-state index in [1.807, 2.05) is 12.1 Å². The Hall–Kier alpha value is -0.640. The van der Waals surface area contributed by atoms with Crippen molar-refractivity contribution in [3.05, 3.63) is 56.2 Å². The number of hydrogen-bond donors (Lipinski definition) is 1. The van der Waals surface area contributed by atoms with Gasteiger partial charge in [0.1, 0.15) is 0 Å². The molecular formula is C13H14BrNS. The molecule has 2 N–H and O–H groups in total. The second-order valence-corrected chi connectivity index (χ2v) is 6.14. The van der Waals surface area contributed by atoms with E-state index in [0.29, 0.717) is 0 Å². The van der Waals surface area contributed by atoms with E-state index < -0.39 is 5.54 Å². The van der Waals surface area contributed by atoms with Crippen molar-refractivity contribution in [1.29, 1.82) is 0 Å².